The zero-order valence-corrected chi connectivity index (χ0v) is 10.3. The summed E-state index contributed by atoms with van der Waals surface area (Å²) in [5, 5.41) is 2.92. The Kier molecular flexibility index (Phi) is 3.64. The SMILES string of the molecule is CCCCNC(=O)c1ccc2nc(Cl)oc2c1. The Labute approximate surface area is 104 Å². The highest BCUT2D eigenvalue weighted by Gasteiger charge is 2.09. The maximum absolute atomic E-state index is 11.8. The fourth-order valence-corrected chi connectivity index (χ4v) is 1.69. The third-order valence-corrected chi connectivity index (χ3v) is 2.60. The summed E-state index contributed by atoms with van der Waals surface area (Å²) in [6, 6.07) is 5.08. The third kappa shape index (κ3) is 2.77. The standard InChI is InChI=1S/C12H13ClN2O2/c1-2-3-6-14-11(16)8-4-5-9-10(7-8)17-12(13)15-9/h4-5,7H,2-3,6H2,1H3,(H,14,16). The number of carbonyl (C=O) groups excluding carboxylic acids is 1. The fourth-order valence-electron chi connectivity index (χ4n) is 1.52. The van der Waals surface area contributed by atoms with Crippen LogP contribution in [0, 0.1) is 0 Å². The lowest BCUT2D eigenvalue weighted by molar-refractivity contribution is 0.0953. The maximum atomic E-state index is 11.8. The Morgan fingerprint density at radius 1 is 1.53 bits per heavy atom. The van der Waals surface area contributed by atoms with Gasteiger partial charge >= 0.3 is 0 Å². The Bertz CT molecular complexity index is 536. The molecule has 90 valence electrons. The number of nitrogens with zero attached hydrogens (tertiary/aromatic N) is 1. The van der Waals surface area contributed by atoms with Gasteiger partial charge in [0.15, 0.2) is 5.58 Å². The van der Waals surface area contributed by atoms with E-state index in [1.54, 1.807) is 18.2 Å². The number of aromatic nitrogens is 1. The molecule has 1 aromatic heterocycles. The van der Waals surface area contributed by atoms with Gasteiger partial charge in [-0.2, -0.15) is 4.98 Å². The maximum Gasteiger partial charge on any atom is 0.293 e. The number of hydrogen-bond acceptors (Lipinski definition) is 3. The summed E-state index contributed by atoms with van der Waals surface area (Å²) in [4.78, 5) is 15.7. The van der Waals surface area contributed by atoms with Crippen molar-refractivity contribution >= 4 is 28.6 Å². The molecule has 4 nitrogen and oxygen atoms in total. The lowest BCUT2D eigenvalue weighted by Gasteiger charge is -2.03. The Morgan fingerprint density at radius 3 is 3.12 bits per heavy atom. The summed E-state index contributed by atoms with van der Waals surface area (Å²) in [7, 11) is 0. The molecular weight excluding hydrogens is 240 g/mol. The minimum Gasteiger partial charge on any atom is -0.428 e. The molecule has 0 aliphatic heterocycles. The number of rotatable bonds is 4. The number of amides is 1. The van der Waals surface area contributed by atoms with Crippen molar-refractivity contribution < 1.29 is 9.21 Å². The van der Waals surface area contributed by atoms with Gasteiger partial charge in [0.2, 0.25) is 0 Å². The van der Waals surface area contributed by atoms with Crippen molar-refractivity contribution in [1.82, 2.24) is 10.3 Å². The van der Waals surface area contributed by atoms with Gasteiger partial charge in [0.25, 0.3) is 11.3 Å². The number of benzene rings is 1. The highest BCUT2D eigenvalue weighted by Crippen LogP contribution is 2.19. The third-order valence-electron chi connectivity index (χ3n) is 2.44. The van der Waals surface area contributed by atoms with E-state index in [1.807, 2.05) is 0 Å². The molecule has 0 atom stereocenters. The molecule has 0 saturated heterocycles. The first-order valence-corrected chi connectivity index (χ1v) is 5.93. The first-order valence-electron chi connectivity index (χ1n) is 5.55. The summed E-state index contributed by atoms with van der Waals surface area (Å²) in [6.07, 6.45) is 2.03. The second-order valence-corrected chi connectivity index (χ2v) is 4.08. The van der Waals surface area contributed by atoms with Crippen molar-refractivity contribution in [2.45, 2.75) is 19.8 Å². The summed E-state index contributed by atoms with van der Waals surface area (Å²) in [6.45, 7) is 2.76. The largest absolute Gasteiger partial charge is 0.428 e. The topological polar surface area (TPSA) is 55.1 Å². The molecule has 1 N–H and O–H groups in total. The van der Waals surface area contributed by atoms with Crippen molar-refractivity contribution in [3.05, 3.63) is 29.1 Å². The van der Waals surface area contributed by atoms with E-state index in [0.29, 0.717) is 23.2 Å². The van der Waals surface area contributed by atoms with E-state index in [0.717, 1.165) is 12.8 Å². The predicted molar refractivity (Wildman–Crippen MR) is 66.3 cm³/mol. The zero-order valence-electron chi connectivity index (χ0n) is 9.50. The molecule has 0 saturated carbocycles. The average molecular weight is 253 g/mol. The van der Waals surface area contributed by atoms with Gasteiger partial charge in [0.05, 0.1) is 0 Å². The zero-order chi connectivity index (χ0) is 12.3. The molecule has 17 heavy (non-hydrogen) atoms. The van der Waals surface area contributed by atoms with Crippen LogP contribution >= 0.6 is 11.6 Å². The van der Waals surface area contributed by atoms with Gasteiger partial charge in [-0.3, -0.25) is 4.79 Å². The molecule has 1 amide bonds. The number of carbonyl (C=O) groups is 1. The normalized spacial score (nSPS) is 10.7. The minimum absolute atomic E-state index is 0.0866. The van der Waals surface area contributed by atoms with Crippen molar-refractivity contribution in [1.29, 1.82) is 0 Å². The molecule has 0 spiro atoms. The van der Waals surface area contributed by atoms with Crippen LogP contribution in [0.25, 0.3) is 11.1 Å². The monoisotopic (exact) mass is 252 g/mol. The highest BCUT2D eigenvalue weighted by atomic mass is 35.5. The lowest BCUT2D eigenvalue weighted by atomic mass is 10.2. The first-order chi connectivity index (χ1) is 8.20. The van der Waals surface area contributed by atoms with Gasteiger partial charge < -0.3 is 9.73 Å². The number of nitrogens with one attached hydrogen (secondary N) is 1. The number of fused-ring (bicyclic) bond motifs is 1. The van der Waals surface area contributed by atoms with E-state index in [1.165, 1.54) is 0 Å². The molecule has 0 radical (unpaired) electrons. The second-order valence-electron chi connectivity index (χ2n) is 3.76. The predicted octanol–water partition coefficient (Wildman–Crippen LogP) is 3.01. The molecule has 1 heterocycles. The van der Waals surface area contributed by atoms with Crippen LogP contribution in [0.4, 0.5) is 0 Å². The molecule has 0 aliphatic carbocycles. The van der Waals surface area contributed by atoms with Crippen LogP contribution in [0.3, 0.4) is 0 Å². The van der Waals surface area contributed by atoms with Crippen molar-refractivity contribution in [2.24, 2.45) is 0 Å². The van der Waals surface area contributed by atoms with Crippen LogP contribution < -0.4 is 5.32 Å². The number of hydrogen-bond donors (Lipinski definition) is 1. The van der Waals surface area contributed by atoms with Crippen LogP contribution in [0.5, 0.6) is 0 Å². The number of unbranched alkanes of at least 4 members (excludes halogenated alkanes) is 1. The van der Waals surface area contributed by atoms with Gasteiger partial charge in [-0.05, 0) is 36.2 Å². The summed E-state index contributed by atoms with van der Waals surface area (Å²) >= 11 is 5.64. The molecule has 0 unspecified atom stereocenters. The number of oxazole rings is 1. The number of halogens is 1. The smallest absolute Gasteiger partial charge is 0.293 e. The van der Waals surface area contributed by atoms with E-state index < -0.39 is 0 Å². The van der Waals surface area contributed by atoms with E-state index in [2.05, 4.69) is 17.2 Å². The first kappa shape index (κ1) is 11.9. The molecule has 2 aromatic rings. The summed E-state index contributed by atoms with van der Waals surface area (Å²) in [5.41, 5.74) is 1.74. The molecule has 5 heteroatoms. The highest BCUT2D eigenvalue weighted by molar-refractivity contribution is 6.28. The van der Waals surface area contributed by atoms with Crippen molar-refractivity contribution in [2.75, 3.05) is 6.54 Å². The minimum atomic E-state index is -0.104. The van der Waals surface area contributed by atoms with Gasteiger partial charge in [0.1, 0.15) is 5.52 Å². The molecular formula is C12H13ClN2O2. The Morgan fingerprint density at radius 2 is 2.35 bits per heavy atom. The quantitative estimate of drug-likeness (QED) is 0.851. The van der Waals surface area contributed by atoms with Crippen LogP contribution in [0.2, 0.25) is 5.35 Å². The molecule has 0 fully saturated rings. The average Bonchev–Trinajstić information content (AvgIpc) is 2.68. The Balaban J connectivity index is 2.15. The van der Waals surface area contributed by atoms with Crippen molar-refractivity contribution in [3.63, 3.8) is 0 Å². The van der Waals surface area contributed by atoms with E-state index in [-0.39, 0.29) is 11.3 Å². The molecule has 0 aliphatic rings. The lowest BCUT2D eigenvalue weighted by Crippen LogP contribution is -2.24. The molecule has 1 aromatic carbocycles. The Hall–Kier alpha value is -1.55. The van der Waals surface area contributed by atoms with E-state index in [9.17, 15) is 4.79 Å². The van der Waals surface area contributed by atoms with Gasteiger partial charge in [-0.15, -0.1) is 0 Å². The van der Waals surface area contributed by atoms with Crippen LogP contribution in [0.15, 0.2) is 22.6 Å². The fraction of sp³-hybridized carbons (Fsp3) is 0.333. The second kappa shape index (κ2) is 5.19. The summed E-state index contributed by atoms with van der Waals surface area (Å²) in [5.74, 6) is -0.104. The van der Waals surface area contributed by atoms with Crippen LogP contribution in [-0.2, 0) is 0 Å². The van der Waals surface area contributed by atoms with Crippen LogP contribution in [0.1, 0.15) is 30.1 Å². The van der Waals surface area contributed by atoms with E-state index in [4.69, 9.17) is 16.0 Å². The van der Waals surface area contributed by atoms with E-state index >= 15 is 0 Å². The van der Waals surface area contributed by atoms with Gasteiger partial charge in [-0.1, -0.05) is 13.3 Å². The molecule has 2 rings (SSSR count). The van der Waals surface area contributed by atoms with Gasteiger partial charge in [0, 0.05) is 12.1 Å². The molecule has 0 bridgehead atoms. The summed E-state index contributed by atoms with van der Waals surface area (Å²) < 4.78 is 5.16. The van der Waals surface area contributed by atoms with Gasteiger partial charge in [-0.25, -0.2) is 0 Å². The van der Waals surface area contributed by atoms with Crippen LogP contribution in [-0.4, -0.2) is 17.4 Å². The van der Waals surface area contributed by atoms with Crippen molar-refractivity contribution in [3.8, 4) is 0 Å².